The van der Waals surface area contributed by atoms with Crippen LogP contribution in [0.3, 0.4) is 0 Å². The fraction of sp³-hybridized carbons (Fsp3) is 0.250. The van der Waals surface area contributed by atoms with E-state index in [0.29, 0.717) is 22.0 Å². The van der Waals surface area contributed by atoms with Crippen LogP contribution in [0, 0.1) is 24.2 Å². The van der Waals surface area contributed by atoms with E-state index in [-0.39, 0.29) is 22.3 Å². The number of rotatable bonds is 7. The number of methoxy groups -OCH3 is 2. The number of amides is 2. The minimum atomic E-state index is -1.25. The minimum Gasteiger partial charge on any atom is -0.497 e. The molecular formula is C24H22ClN3O5S. The summed E-state index contributed by atoms with van der Waals surface area (Å²) in [5, 5.41) is 16.1. The number of hydrogen-bond donors (Lipinski definition) is 2. The Hall–Kier alpha value is -3.48. The molecule has 8 nitrogen and oxygen atoms in total. The van der Waals surface area contributed by atoms with Gasteiger partial charge in [0.15, 0.2) is 0 Å². The first kappa shape index (κ1) is 25.1. The van der Waals surface area contributed by atoms with Gasteiger partial charge in [-0.2, -0.15) is 5.26 Å². The Bertz CT molecular complexity index is 1190. The molecule has 0 saturated carbocycles. The van der Waals surface area contributed by atoms with Crippen molar-refractivity contribution in [2.45, 2.75) is 12.8 Å². The number of carbonyl (C=O) groups is 3. The summed E-state index contributed by atoms with van der Waals surface area (Å²) in [6.45, 7) is 1.79. The minimum absolute atomic E-state index is 0.0784. The van der Waals surface area contributed by atoms with Gasteiger partial charge >= 0.3 is 5.97 Å². The maximum Gasteiger partial charge on any atom is 0.319 e. The fourth-order valence-electron chi connectivity index (χ4n) is 3.56. The second-order valence-electron chi connectivity index (χ2n) is 7.34. The van der Waals surface area contributed by atoms with Gasteiger partial charge in [0.05, 0.1) is 36.6 Å². The van der Waals surface area contributed by atoms with Crippen molar-refractivity contribution in [1.29, 1.82) is 5.26 Å². The highest BCUT2D eigenvalue weighted by atomic mass is 35.5. The molecule has 0 aliphatic carbocycles. The second kappa shape index (κ2) is 11.1. The number of carbonyl (C=O) groups excluding carboxylic acids is 3. The SMILES string of the molecule is COC(=O)[C@@H]1C(=O)NC(SCC(=O)Nc2cccc(Cl)c2C)=C(C#N)[C@H]1c1ccc(OC)cc1. The first-order valence-corrected chi connectivity index (χ1v) is 11.5. The molecule has 1 aliphatic rings. The van der Waals surface area contributed by atoms with Crippen LogP contribution in [0.25, 0.3) is 0 Å². The van der Waals surface area contributed by atoms with Crippen LogP contribution in [0.4, 0.5) is 5.69 Å². The Morgan fingerprint density at radius 3 is 2.53 bits per heavy atom. The van der Waals surface area contributed by atoms with Crippen LogP contribution < -0.4 is 15.4 Å². The second-order valence-corrected chi connectivity index (χ2v) is 8.74. The Morgan fingerprint density at radius 1 is 1.21 bits per heavy atom. The summed E-state index contributed by atoms with van der Waals surface area (Å²) in [6, 6.07) is 14.0. The Balaban J connectivity index is 1.90. The molecule has 0 bridgehead atoms. The van der Waals surface area contributed by atoms with E-state index in [1.165, 1.54) is 14.2 Å². The molecule has 176 valence electrons. The molecule has 1 aliphatic heterocycles. The normalized spacial score (nSPS) is 17.4. The number of halogens is 1. The van der Waals surface area contributed by atoms with Gasteiger partial charge in [-0.15, -0.1) is 0 Å². The van der Waals surface area contributed by atoms with Gasteiger partial charge < -0.3 is 20.1 Å². The lowest BCUT2D eigenvalue weighted by Crippen LogP contribution is -2.44. The number of nitriles is 1. The zero-order valence-corrected chi connectivity index (χ0v) is 20.3. The Kier molecular flexibility index (Phi) is 8.21. The number of anilines is 1. The summed E-state index contributed by atoms with van der Waals surface area (Å²) in [4.78, 5) is 37.9. The van der Waals surface area contributed by atoms with Crippen LogP contribution in [0.2, 0.25) is 5.02 Å². The van der Waals surface area contributed by atoms with Crippen LogP contribution >= 0.6 is 23.4 Å². The molecule has 3 rings (SSSR count). The number of hydrogen-bond acceptors (Lipinski definition) is 7. The van der Waals surface area contributed by atoms with E-state index in [9.17, 15) is 19.6 Å². The van der Waals surface area contributed by atoms with Gasteiger partial charge in [0, 0.05) is 16.6 Å². The lowest BCUT2D eigenvalue weighted by atomic mass is 9.78. The maximum atomic E-state index is 12.9. The molecule has 2 aromatic rings. The number of nitrogens with one attached hydrogen (secondary N) is 2. The van der Waals surface area contributed by atoms with Crippen molar-refractivity contribution in [3.05, 3.63) is 69.2 Å². The summed E-state index contributed by atoms with van der Waals surface area (Å²) in [5.74, 6) is -3.33. The van der Waals surface area contributed by atoms with Crippen molar-refractivity contribution in [3.63, 3.8) is 0 Å². The highest BCUT2D eigenvalue weighted by Gasteiger charge is 2.44. The van der Waals surface area contributed by atoms with E-state index in [1.54, 1.807) is 49.4 Å². The number of nitrogens with zero attached hydrogens (tertiary/aromatic N) is 1. The summed E-state index contributed by atoms with van der Waals surface area (Å²) < 4.78 is 10.0. The van der Waals surface area contributed by atoms with Gasteiger partial charge in [-0.3, -0.25) is 14.4 Å². The van der Waals surface area contributed by atoms with Gasteiger partial charge in [0.25, 0.3) is 0 Å². The van der Waals surface area contributed by atoms with Crippen LogP contribution in [-0.2, 0) is 19.1 Å². The number of ether oxygens (including phenoxy) is 2. The molecule has 34 heavy (non-hydrogen) atoms. The molecule has 0 fully saturated rings. The van der Waals surface area contributed by atoms with Crippen LogP contribution in [0.5, 0.6) is 5.75 Å². The predicted molar refractivity (Wildman–Crippen MR) is 129 cm³/mol. The van der Waals surface area contributed by atoms with Gasteiger partial charge in [-0.05, 0) is 42.3 Å². The average molecular weight is 500 g/mol. The van der Waals surface area contributed by atoms with Crippen molar-refractivity contribution in [2.24, 2.45) is 5.92 Å². The molecule has 0 spiro atoms. The number of allylic oxidation sites excluding steroid dienone is 1. The molecular weight excluding hydrogens is 478 g/mol. The highest BCUT2D eigenvalue weighted by molar-refractivity contribution is 8.03. The number of esters is 1. The predicted octanol–water partition coefficient (Wildman–Crippen LogP) is 3.77. The van der Waals surface area contributed by atoms with E-state index in [0.717, 1.165) is 17.3 Å². The van der Waals surface area contributed by atoms with Crippen LogP contribution in [0.15, 0.2) is 53.1 Å². The van der Waals surface area contributed by atoms with E-state index in [1.807, 2.05) is 0 Å². The van der Waals surface area contributed by atoms with Gasteiger partial charge in [-0.25, -0.2) is 0 Å². The topological polar surface area (TPSA) is 118 Å². The quantitative estimate of drug-likeness (QED) is 0.440. The zero-order chi connectivity index (χ0) is 24.8. The van der Waals surface area contributed by atoms with E-state index < -0.39 is 23.7 Å². The molecule has 0 saturated heterocycles. The molecule has 0 radical (unpaired) electrons. The average Bonchev–Trinajstić information content (AvgIpc) is 2.84. The fourth-order valence-corrected chi connectivity index (χ4v) is 4.58. The van der Waals surface area contributed by atoms with Crippen molar-refractivity contribution < 1.29 is 23.9 Å². The van der Waals surface area contributed by atoms with E-state index in [2.05, 4.69) is 16.7 Å². The van der Waals surface area contributed by atoms with Crippen molar-refractivity contribution in [2.75, 3.05) is 25.3 Å². The molecule has 2 amide bonds. The van der Waals surface area contributed by atoms with Crippen molar-refractivity contribution in [3.8, 4) is 11.8 Å². The summed E-state index contributed by atoms with van der Waals surface area (Å²) in [7, 11) is 2.70. The molecule has 2 aromatic carbocycles. The van der Waals surface area contributed by atoms with Crippen molar-refractivity contribution in [1.82, 2.24) is 5.32 Å². The third-order valence-electron chi connectivity index (χ3n) is 5.35. The largest absolute Gasteiger partial charge is 0.497 e. The smallest absolute Gasteiger partial charge is 0.319 e. The van der Waals surface area contributed by atoms with Crippen LogP contribution in [0.1, 0.15) is 17.0 Å². The first-order chi connectivity index (χ1) is 16.3. The Labute approximate surface area is 206 Å². The summed E-state index contributed by atoms with van der Waals surface area (Å²) in [5.41, 5.74) is 2.03. The Morgan fingerprint density at radius 2 is 1.91 bits per heavy atom. The monoisotopic (exact) mass is 499 g/mol. The third-order valence-corrected chi connectivity index (χ3v) is 6.77. The number of benzene rings is 2. The lowest BCUT2D eigenvalue weighted by molar-refractivity contribution is -0.150. The number of thioether (sulfide) groups is 1. The molecule has 10 heteroatoms. The standard InChI is InChI=1S/C24H22ClN3O5S/c1-13-17(25)5-4-6-18(13)27-19(29)12-34-23-16(11-26)20(14-7-9-15(32-2)10-8-14)21(22(30)28-23)24(31)33-3/h4-10,20-21H,12H2,1-3H3,(H,27,29)(H,28,30)/t20-,21+/m1/s1. The van der Waals surface area contributed by atoms with E-state index in [4.69, 9.17) is 21.1 Å². The highest BCUT2D eigenvalue weighted by Crippen LogP contribution is 2.40. The zero-order valence-electron chi connectivity index (χ0n) is 18.7. The van der Waals surface area contributed by atoms with Gasteiger partial charge in [0.2, 0.25) is 11.8 Å². The summed E-state index contributed by atoms with van der Waals surface area (Å²) >= 11 is 7.10. The lowest BCUT2D eigenvalue weighted by Gasteiger charge is -2.31. The molecule has 1 heterocycles. The third kappa shape index (κ3) is 5.35. The molecule has 0 unspecified atom stereocenters. The van der Waals surface area contributed by atoms with Crippen LogP contribution in [-0.4, -0.2) is 37.8 Å². The maximum absolute atomic E-state index is 12.9. The first-order valence-electron chi connectivity index (χ1n) is 10.1. The molecule has 2 N–H and O–H groups in total. The molecule has 2 atom stereocenters. The van der Waals surface area contributed by atoms with Crippen molar-refractivity contribution >= 4 is 46.8 Å². The molecule has 0 aromatic heterocycles. The van der Waals surface area contributed by atoms with E-state index >= 15 is 0 Å². The van der Waals surface area contributed by atoms with Gasteiger partial charge in [0.1, 0.15) is 11.7 Å². The van der Waals surface area contributed by atoms with Gasteiger partial charge in [-0.1, -0.05) is 41.6 Å². The summed E-state index contributed by atoms with van der Waals surface area (Å²) in [6.07, 6.45) is 0.